The van der Waals surface area contributed by atoms with Crippen LogP contribution in [0, 0.1) is 0 Å². The molecule has 0 amide bonds. The van der Waals surface area contributed by atoms with E-state index in [1.54, 1.807) is 0 Å². The molecule has 1 aromatic heterocycles. The molecule has 0 fully saturated rings. The lowest BCUT2D eigenvalue weighted by molar-refractivity contribution is 0.249. The Morgan fingerprint density at radius 3 is 2.40 bits per heavy atom. The monoisotopic (exact) mass is 286 g/mol. The van der Waals surface area contributed by atoms with Crippen LogP contribution in [0.25, 0.3) is 21.8 Å². The standard InChI is InChI=1S/C17H19ClN2/c1-3-19(4-2)12-20-16-8-6-5-7-14(16)15-10-9-13(18)11-17(15)20/h5-11H,3-4,12H2,1-2H3. The van der Waals surface area contributed by atoms with Crippen LogP contribution in [-0.2, 0) is 6.67 Å². The number of fused-ring (bicyclic) bond motifs is 3. The molecule has 0 spiro atoms. The van der Waals surface area contributed by atoms with E-state index in [0.717, 1.165) is 24.8 Å². The molecule has 2 aromatic carbocycles. The van der Waals surface area contributed by atoms with Crippen LogP contribution in [0.5, 0.6) is 0 Å². The van der Waals surface area contributed by atoms with E-state index < -0.39 is 0 Å². The summed E-state index contributed by atoms with van der Waals surface area (Å²) in [7, 11) is 0. The number of hydrogen-bond acceptors (Lipinski definition) is 1. The van der Waals surface area contributed by atoms with Crippen molar-refractivity contribution < 1.29 is 0 Å². The first-order chi connectivity index (χ1) is 9.74. The van der Waals surface area contributed by atoms with Gasteiger partial charge in [0.15, 0.2) is 0 Å². The molecule has 0 aliphatic carbocycles. The normalized spacial score (nSPS) is 11.8. The van der Waals surface area contributed by atoms with Crippen molar-refractivity contribution in [3.05, 3.63) is 47.5 Å². The lowest BCUT2D eigenvalue weighted by atomic mass is 10.2. The topological polar surface area (TPSA) is 8.17 Å². The van der Waals surface area contributed by atoms with Crippen LogP contribution in [0.4, 0.5) is 0 Å². The largest absolute Gasteiger partial charge is 0.327 e. The SMILES string of the molecule is CCN(CC)Cn1c2ccccc2c2ccc(Cl)cc21. The van der Waals surface area contributed by atoms with E-state index in [1.807, 2.05) is 6.07 Å². The minimum absolute atomic E-state index is 0.793. The molecule has 0 N–H and O–H groups in total. The van der Waals surface area contributed by atoms with Gasteiger partial charge >= 0.3 is 0 Å². The Kier molecular flexibility index (Phi) is 3.68. The fraction of sp³-hybridized carbons (Fsp3) is 0.294. The third-order valence-corrected chi connectivity index (χ3v) is 4.21. The second-order valence-electron chi connectivity index (χ2n) is 5.05. The number of halogens is 1. The molecule has 20 heavy (non-hydrogen) atoms. The quantitative estimate of drug-likeness (QED) is 0.672. The summed E-state index contributed by atoms with van der Waals surface area (Å²) < 4.78 is 2.36. The molecule has 3 aromatic rings. The van der Waals surface area contributed by atoms with Crippen molar-refractivity contribution in [1.29, 1.82) is 0 Å². The Morgan fingerprint density at radius 1 is 0.950 bits per heavy atom. The summed E-state index contributed by atoms with van der Waals surface area (Å²) in [5.41, 5.74) is 2.49. The van der Waals surface area contributed by atoms with Gasteiger partial charge in [-0.05, 0) is 31.3 Å². The summed E-state index contributed by atoms with van der Waals surface area (Å²) >= 11 is 6.20. The highest BCUT2D eigenvalue weighted by Crippen LogP contribution is 2.30. The smallest absolute Gasteiger partial charge is 0.0757 e. The fourth-order valence-corrected chi connectivity index (χ4v) is 2.96. The molecule has 2 nitrogen and oxygen atoms in total. The summed E-state index contributed by atoms with van der Waals surface area (Å²) in [6.07, 6.45) is 0. The van der Waals surface area contributed by atoms with Gasteiger partial charge in [0.1, 0.15) is 0 Å². The summed E-state index contributed by atoms with van der Waals surface area (Å²) in [5.74, 6) is 0. The lowest BCUT2D eigenvalue weighted by Crippen LogP contribution is -2.25. The number of aromatic nitrogens is 1. The molecule has 0 aliphatic rings. The van der Waals surface area contributed by atoms with E-state index in [-0.39, 0.29) is 0 Å². The Hall–Kier alpha value is -1.51. The average Bonchev–Trinajstić information content (AvgIpc) is 2.78. The zero-order chi connectivity index (χ0) is 14.1. The van der Waals surface area contributed by atoms with Gasteiger partial charge in [-0.1, -0.05) is 49.7 Å². The molecule has 3 rings (SSSR count). The van der Waals surface area contributed by atoms with Crippen LogP contribution in [0.1, 0.15) is 13.8 Å². The van der Waals surface area contributed by atoms with Crippen molar-refractivity contribution >= 4 is 33.4 Å². The summed E-state index contributed by atoms with van der Waals surface area (Å²) in [5, 5.41) is 3.37. The fourth-order valence-electron chi connectivity index (χ4n) is 2.80. The Labute approximate surface area is 124 Å². The second kappa shape index (κ2) is 5.47. The van der Waals surface area contributed by atoms with Crippen LogP contribution in [0.3, 0.4) is 0 Å². The van der Waals surface area contributed by atoms with Crippen LogP contribution < -0.4 is 0 Å². The predicted molar refractivity (Wildman–Crippen MR) is 87.4 cm³/mol. The van der Waals surface area contributed by atoms with Crippen molar-refractivity contribution in [2.24, 2.45) is 0 Å². The van der Waals surface area contributed by atoms with E-state index in [2.05, 4.69) is 59.7 Å². The van der Waals surface area contributed by atoms with Crippen LogP contribution in [0.2, 0.25) is 5.02 Å². The third kappa shape index (κ3) is 2.19. The Bertz CT molecular complexity index is 741. The summed E-state index contributed by atoms with van der Waals surface area (Å²) in [4.78, 5) is 2.41. The van der Waals surface area contributed by atoms with Crippen molar-refractivity contribution in [1.82, 2.24) is 9.47 Å². The zero-order valence-electron chi connectivity index (χ0n) is 11.9. The van der Waals surface area contributed by atoms with Gasteiger partial charge in [0.2, 0.25) is 0 Å². The highest BCUT2D eigenvalue weighted by atomic mass is 35.5. The Balaban J connectivity index is 2.27. The molecule has 0 saturated heterocycles. The van der Waals surface area contributed by atoms with Gasteiger partial charge < -0.3 is 4.57 Å². The van der Waals surface area contributed by atoms with E-state index in [0.29, 0.717) is 0 Å². The summed E-state index contributed by atoms with van der Waals surface area (Å²) in [6, 6.07) is 14.7. The molecule has 1 heterocycles. The molecule has 0 unspecified atom stereocenters. The van der Waals surface area contributed by atoms with Crippen molar-refractivity contribution in [3.8, 4) is 0 Å². The van der Waals surface area contributed by atoms with E-state index >= 15 is 0 Å². The van der Waals surface area contributed by atoms with Crippen molar-refractivity contribution in [2.45, 2.75) is 20.5 Å². The first-order valence-corrected chi connectivity index (χ1v) is 7.51. The lowest BCUT2D eigenvalue weighted by Gasteiger charge is -2.20. The van der Waals surface area contributed by atoms with E-state index in [1.165, 1.54) is 21.8 Å². The molecule has 0 aliphatic heterocycles. The van der Waals surface area contributed by atoms with E-state index in [4.69, 9.17) is 11.6 Å². The molecule has 0 saturated carbocycles. The molecule has 0 atom stereocenters. The van der Waals surface area contributed by atoms with Gasteiger partial charge in [-0.2, -0.15) is 0 Å². The summed E-state index contributed by atoms with van der Waals surface area (Å²) in [6.45, 7) is 7.39. The number of nitrogens with zero attached hydrogens (tertiary/aromatic N) is 2. The zero-order valence-corrected chi connectivity index (χ0v) is 12.7. The highest BCUT2D eigenvalue weighted by Gasteiger charge is 2.12. The van der Waals surface area contributed by atoms with Crippen molar-refractivity contribution in [3.63, 3.8) is 0 Å². The van der Waals surface area contributed by atoms with Gasteiger partial charge in [0.25, 0.3) is 0 Å². The molecule has 0 radical (unpaired) electrons. The van der Waals surface area contributed by atoms with Gasteiger partial charge in [-0.3, -0.25) is 4.90 Å². The first kappa shape index (κ1) is 13.5. The Morgan fingerprint density at radius 2 is 1.65 bits per heavy atom. The molecule has 104 valence electrons. The number of para-hydroxylation sites is 1. The predicted octanol–water partition coefficient (Wildman–Crippen LogP) is 4.75. The van der Waals surface area contributed by atoms with Gasteiger partial charge in [-0.15, -0.1) is 0 Å². The van der Waals surface area contributed by atoms with Crippen LogP contribution in [0.15, 0.2) is 42.5 Å². The molecule has 3 heteroatoms. The highest BCUT2D eigenvalue weighted by molar-refractivity contribution is 6.31. The van der Waals surface area contributed by atoms with Gasteiger partial charge in [-0.25, -0.2) is 0 Å². The third-order valence-electron chi connectivity index (χ3n) is 3.97. The molecular formula is C17H19ClN2. The number of hydrogen-bond donors (Lipinski definition) is 0. The maximum Gasteiger partial charge on any atom is 0.0757 e. The average molecular weight is 287 g/mol. The molecule has 0 bridgehead atoms. The minimum atomic E-state index is 0.793. The maximum atomic E-state index is 6.20. The minimum Gasteiger partial charge on any atom is -0.327 e. The number of rotatable bonds is 4. The van der Waals surface area contributed by atoms with E-state index in [9.17, 15) is 0 Å². The van der Waals surface area contributed by atoms with Crippen LogP contribution >= 0.6 is 11.6 Å². The van der Waals surface area contributed by atoms with Gasteiger partial charge in [0.05, 0.1) is 17.7 Å². The van der Waals surface area contributed by atoms with Gasteiger partial charge in [0, 0.05) is 15.8 Å². The molecular weight excluding hydrogens is 268 g/mol. The second-order valence-corrected chi connectivity index (χ2v) is 5.49. The maximum absolute atomic E-state index is 6.20. The van der Waals surface area contributed by atoms with Crippen LogP contribution in [-0.4, -0.2) is 22.6 Å². The number of benzene rings is 2. The van der Waals surface area contributed by atoms with Crippen molar-refractivity contribution in [2.75, 3.05) is 13.1 Å². The first-order valence-electron chi connectivity index (χ1n) is 7.13.